The summed E-state index contributed by atoms with van der Waals surface area (Å²) in [6, 6.07) is 5.34. The summed E-state index contributed by atoms with van der Waals surface area (Å²) in [5, 5.41) is 3.08. The zero-order valence-corrected chi connectivity index (χ0v) is 19.5. The first-order valence-electron chi connectivity index (χ1n) is 12.2. The average molecular weight is 458 g/mol. The molecule has 4 rings (SSSR count). The second-order valence-electron chi connectivity index (χ2n) is 9.37. The quantitative estimate of drug-likeness (QED) is 0.524. The number of nitrogens with one attached hydrogen (secondary N) is 1. The van der Waals surface area contributed by atoms with Crippen LogP contribution in [0.2, 0.25) is 0 Å². The van der Waals surface area contributed by atoms with Crippen LogP contribution in [0.5, 0.6) is 5.75 Å². The van der Waals surface area contributed by atoms with Gasteiger partial charge in [-0.2, -0.15) is 15.0 Å². The van der Waals surface area contributed by atoms with Gasteiger partial charge in [-0.25, -0.2) is 4.39 Å². The van der Waals surface area contributed by atoms with Crippen molar-refractivity contribution in [2.24, 2.45) is 11.7 Å². The largest absolute Gasteiger partial charge is 0.494 e. The standard InChI is InChI=1S/C24H36FN7O/c1-33-21-13-12-18(14-20(21)25)28-23-29-22(27)30-24(31-23)32(19-6-4-2-3-5-7-19)15-16-8-10-17(26)11-9-16/h12-14,16-17,19H,2-11,15,26H2,1H3,(H3,27,28,29,30,31). The number of ether oxygens (including phenoxy) is 1. The number of aromatic nitrogens is 3. The van der Waals surface area contributed by atoms with Crippen molar-refractivity contribution in [3.63, 3.8) is 0 Å². The summed E-state index contributed by atoms with van der Waals surface area (Å²) in [6.07, 6.45) is 11.6. The number of benzene rings is 1. The van der Waals surface area contributed by atoms with Crippen LogP contribution in [-0.2, 0) is 0 Å². The van der Waals surface area contributed by atoms with Crippen LogP contribution < -0.4 is 26.4 Å². The zero-order valence-electron chi connectivity index (χ0n) is 19.5. The van der Waals surface area contributed by atoms with Gasteiger partial charge in [-0.15, -0.1) is 0 Å². The van der Waals surface area contributed by atoms with Crippen LogP contribution in [0.15, 0.2) is 18.2 Å². The summed E-state index contributed by atoms with van der Waals surface area (Å²) in [6.45, 7) is 0.900. The van der Waals surface area contributed by atoms with Crippen LogP contribution in [0, 0.1) is 11.7 Å². The molecular weight excluding hydrogens is 421 g/mol. The van der Waals surface area contributed by atoms with E-state index in [2.05, 4.69) is 20.2 Å². The third-order valence-electron chi connectivity index (χ3n) is 6.92. The molecule has 180 valence electrons. The second-order valence-corrected chi connectivity index (χ2v) is 9.37. The average Bonchev–Trinajstić information content (AvgIpc) is 3.08. The van der Waals surface area contributed by atoms with Crippen molar-refractivity contribution < 1.29 is 9.13 Å². The van der Waals surface area contributed by atoms with E-state index in [-0.39, 0.29) is 11.7 Å². The van der Waals surface area contributed by atoms with Gasteiger partial charge < -0.3 is 26.4 Å². The molecule has 2 fully saturated rings. The van der Waals surface area contributed by atoms with Crippen molar-refractivity contribution in [2.45, 2.75) is 76.3 Å². The zero-order chi connectivity index (χ0) is 23.2. The van der Waals surface area contributed by atoms with E-state index in [9.17, 15) is 4.39 Å². The SMILES string of the molecule is COc1ccc(Nc2nc(N)nc(N(CC3CCC(N)CC3)C3CCCCCC3)n2)cc1F. The van der Waals surface area contributed by atoms with Crippen LogP contribution in [-0.4, -0.2) is 40.7 Å². The Morgan fingerprint density at radius 3 is 2.42 bits per heavy atom. The number of hydrogen-bond acceptors (Lipinski definition) is 8. The van der Waals surface area contributed by atoms with Crippen LogP contribution in [0.1, 0.15) is 64.2 Å². The summed E-state index contributed by atoms with van der Waals surface area (Å²) in [5.74, 6) is 1.36. The van der Waals surface area contributed by atoms with Crippen LogP contribution >= 0.6 is 0 Å². The Morgan fingerprint density at radius 1 is 1.03 bits per heavy atom. The number of nitrogen functional groups attached to an aromatic ring is 1. The highest BCUT2D eigenvalue weighted by Gasteiger charge is 2.28. The fraction of sp³-hybridized carbons (Fsp3) is 0.625. The number of halogens is 1. The van der Waals surface area contributed by atoms with Crippen molar-refractivity contribution in [3.05, 3.63) is 24.0 Å². The number of anilines is 4. The Hall–Kier alpha value is -2.68. The van der Waals surface area contributed by atoms with Crippen LogP contribution in [0.25, 0.3) is 0 Å². The van der Waals surface area contributed by atoms with Crippen molar-refractivity contribution in [2.75, 3.05) is 29.6 Å². The minimum absolute atomic E-state index is 0.153. The molecule has 1 aromatic carbocycles. The molecule has 0 atom stereocenters. The maximum Gasteiger partial charge on any atom is 0.233 e. The maximum absolute atomic E-state index is 14.1. The molecule has 2 aliphatic rings. The number of nitrogens with two attached hydrogens (primary N) is 2. The van der Waals surface area contributed by atoms with Gasteiger partial charge in [0.05, 0.1) is 7.11 Å². The van der Waals surface area contributed by atoms with Gasteiger partial charge in [-0.05, 0) is 56.6 Å². The Bertz CT molecular complexity index is 912. The molecule has 0 aliphatic heterocycles. The summed E-state index contributed by atoms with van der Waals surface area (Å²) >= 11 is 0. The van der Waals surface area contributed by atoms with Gasteiger partial charge in [0.2, 0.25) is 17.8 Å². The van der Waals surface area contributed by atoms with E-state index in [1.54, 1.807) is 12.1 Å². The second kappa shape index (κ2) is 11.0. The molecule has 1 aromatic heterocycles. The van der Waals surface area contributed by atoms with E-state index in [4.69, 9.17) is 21.2 Å². The van der Waals surface area contributed by atoms with E-state index in [0.29, 0.717) is 35.6 Å². The third-order valence-corrected chi connectivity index (χ3v) is 6.92. The Balaban J connectivity index is 1.58. The Labute approximate surface area is 195 Å². The first-order valence-corrected chi connectivity index (χ1v) is 12.2. The number of rotatable bonds is 7. The molecule has 9 heteroatoms. The third kappa shape index (κ3) is 6.22. The molecule has 1 heterocycles. The molecule has 0 unspecified atom stereocenters. The number of nitrogens with zero attached hydrogens (tertiary/aromatic N) is 4. The molecule has 2 saturated carbocycles. The monoisotopic (exact) mass is 457 g/mol. The summed E-state index contributed by atoms with van der Waals surface area (Å²) in [4.78, 5) is 15.9. The summed E-state index contributed by atoms with van der Waals surface area (Å²) < 4.78 is 19.1. The van der Waals surface area contributed by atoms with E-state index < -0.39 is 5.82 Å². The highest BCUT2D eigenvalue weighted by molar-refractivity contribution is 5.57. The van der Waals surface area contributed by atoms with Gasteiger partial charge in [-0.1, -0.05) is 25.7 Å². The van der Waals surface area contributed by atoms with Gasteiger partial charge in [0.15, 0.2) is 11.6 Å². The fourth-order valence-corrected chi connectivity index (χ4v) is 5.05. The lowest BCUT2D eigenvalue weighted by Crippen LogP contribution is -2.42. The first-order chi connectivity index (χ1) is 16.0. The number of methoxy groups -OCH3 is 1. The highest BCUT2D eigenvalue weighted by Crippen LogP contribution is 2.31. The molecule has 2 aromatic rings. The Morgan fingerprint density at radius 2 is 1.76 bits per heavy atom. The molecular formula is C24H36FN7O. The van der Waals surface area contributed by atoms with Crippen LogP contribution in [0.3, 0.4) is 0 Å². The van der Waals surface area contributed by atoms with Crippen molar-refractivity contribution in [1.29, 1.82) is 0 Å². The summed E-state index contributed by atoms with van der Waals surface area (Å²) in [5.41, 5.74) is 12.8. The van der Waals surface area contributed by atoms with Crippen molar-refractivity contribution in [1.82, 2.24) is 15.0 Å². The lowest BCUT2D eigenvalue weighted by molar-refractivity contribution is 0.316. The van der Waals surface area contributed by atoms with Gasteiger partial charge in [0, 0.05) is 30.4 Å². The van der Waals surface area contributed by atoms with Crippen molar-refractivity contribution >= 4 is 23.5 Å². The van der Waals surface area contributed by atoms with E-state index in [0.717, 1.165) is 45.1 Å². The van der Waals surface area contributed by atoms with Crippen LogP contribution in [0.4, 0.5) is 27.9 Å². The predicted octanol–water partition coefficient (Wildman–Crippen LogP) is 4.39. The fourth-order valence-electron chi connectivity index (χ4n) is 5.05. The smallest absolute Gasteiger partial charge is 0.233 e. The topological polar surface area (TPSA) is 115 Å². The van der Waals surface area contributed by atoms with Gasteiger partial charge >= 0.3 is 0 Å². The normalized spacial score (nSPS) is 21.9. The van der Waals surface area contributed by atoms with Gasteiger partial charge in [0.1, 0.15) is 0 Å². The Kier molecular flexibility index (Phi) is 7.80. The molecule has 8 nitrogen and oxygen atoms in total. The lowest BCUT2D eigenvalue weighted by atomic mass is 9.86. The summed E-state index contributed by atoms with van der Waals surface area (Å²) in [7, 11) is 1.44. The molecule has 0 spiro atoms. The van der Waals surface area contributed by atoms with Gasteiger partial charge in [0.25, 0.3) is 0 Å². The molecule has 0 bridgehead atoms. The van der Waals surface area contributed by atoms with Gasteiger partial charge in [-0.3, -0.25) is 0 Å². The molecule has 5 N–H and O–H groups in total. The molecule has 33 heavy (non-hydrogen) atoms. The molecule has 0 amide bonds. The minimum Gasteiger partial charge on any atom is -0.494 e. The minimum atomic E-state index is -0.458. The molecule has 0 saturated heterocycles. The molecule has 0 radical (unpaired) electrons. The highest BCUT2D eigenvalue weighted by atomic mass is 19.1. The van der Waals surface area contributed by atoms with E-state index >= 15 is 0 Å². The predicted molar refractivity (Wildman–Crippen MR) is 129 cm³/mol. The lowest BCUT2D eigenvalue weighted by Gasteiger charge is -2.36. The van der Waals surface area contributed by atoms with E-state index in [1.807, 2.05) is 0 Å². The maximum atomic E-state index is 14.1. The number of hydrogen-bond donors (Lipinski definition) is 3. The molecule has 2 aliphatic carbocycles. The first kappa shape index (κ1) is 23.5. The van der Waals surface area contributed by atoms with Crippen molar-refractivity contribution in [3.8, 4) is 5.75 Å². The van der Waals surface area contributed by atoms with E-state index in [1.165, 1.54) is 38.9 Å².